The summed E-state index contributed by atoms with van der Waals surface area (Å²) in [6.45, 7) is 1.41. The maximum absolute atomic E-state index is 12.7. The number of para-hydroxylation sites is 1. The normalized spacial score (nSPS) is 18.3. The SMILES string of the molecule is CC(C(=O)O)N(C(=O)CN1C(=O)CSc2ccccc21)C1CC1. The number of hydrogen-bond acceptors (Lipinski definition) is 4. The Labute approximate surface area is 138 Å². The van der Waals surface area contributed by atoms with Crippen molar-refractivity contribution in [2.45, 2.75) is 36.7 Å². The third-order valence-electron chi connectivity index (χ3n) is 4.10. The van der Waals surface area contributed by atoms with E-state index in [-0.39, 0.29) is 24.4 Å². The molecule has 1 fully saturated rings. The van der Waals surface area contributed by atoms with Gasteiger partial charge in [0.05, 0.1) is 11.4 Å². The van der Waals surface area contributed by atoms with Crippen LogP contribution >= 0.6 is 11.8 Å². The number of thioether (sulfide) groups is 1. The topological polar surface area (TPSA) is 77.9 Å². The molecular weight excluding hydrogens is 316 g/mol. The van der Waals surface area contributed by atoms with E-state index in [9.17, 15) is 19.5 Å². The van der Waals surface area contributed by atoms with Crippen LogP contribution in [0.5, 0.6) is 0 Å². The standard InChI is InChI=1S/C16H18N2O4S/c1-10(16(21)22)18(11-6-7-11)14(19)8-17-12-4-2-3-5-13(12)23-9-15(17)20/h2-5,10-11H,6-9H2,1H3,(H,21,22). The first-order valence-corrected chi connectivity index (χ1v) is 8.53. The van der Waals surface area contributed by atoms with Gasteiger partial charge >= 0.3 is 5.97 Å². The fourth-order valence-electron chi connectivity index (χ4n) is 2.75. The summed E-state index contributed by atoms with van der Waals surface area (Å²) in [7, 11) is 0. The van der Waals surface area contributed by atoms with Gasteiger partial charge in [-0.05, 0) is 31.9 Å². The largest absolute Gasteiger partial charge is 0.480 e. The lowest BCUT2D eigenvalue weighted by molar-refractivity contribution is -0.149. The van der Waals surface area contributed by atoms with Crippen LogP contribution in [0, 0.1) is 0 Å². The number of nitrogens with zero attached hydrogens (tertiary/aromatic N) is 2. The van der Waals surface area contributed by atoms with Gasteiger partial charge in [-0.2, -0.15) is 0 Å². The van der Waals surface area contributed by atoms with Crippen molar-refractivity contribution >= 4 is 35.2 Å². The van der Waals surface area contributed by atoms with Gasteiger partial charge in [0.2, 0.25) is 11.8 Å². The Morgan fingerprint density at radius 2 is 2.09 bits per heavy atom. The zero-order chi connectivity index (χ0) is 16.6. The number of amides is 2. The summed E-state index contributed by atoms with van der Waals surface area (Å²) in [5, 5.41) is 9.22. The highest BCUT2D eigenvalue weighted by atomic mass is 32.2. The van der Waals surface area contributed by atoms with Crippen molar-refractivity contribution in [2.24, 2.45) is 0 Å². The van der Waals surface area contributed by atoms with E-state index in [2.05, 4.69) is 0 Å². The summed E-state index contributed by atoms with van der Waals surface area (Å²) in [6, 6.07) is 6.56. The summed E-state index contributed by atoms with van der Waals surface area (Å²) >= 11 is 1.46. The Kier molecular flexibility index (Phi) is 4.30. The fourth-order valence-corrected chi connectivity index (χ4v) is 3.69. The van der Waals surface area contributed by atoms with Gasteiger partial charge in [-0.25, -0.2) is 4.79 Å². The van der Waals surface area contributed by atoms with Crippen molar-refractivity contribution in [3.8, 4) is 0 Å². The average molecular weight is 334 g/mol. The molecule has 1 aromatic carbocycles. The number of fused-ring (bicyclic) bond motifs is 1. The highest BCUT2D eigenvalue weighted by molar-refractivity contribution is 8.00. The van der Waals surface area contributed by atoms with Crippen LogP contribution in [-0.2, 0) is 14.4 Å². The molecule has 7 heteroatoms. The van der Waals surface area contributed by atoms with Gasteiger partial charge in [0.15, 0.2) is 0 Å². The summed E-state index contributed by atoms with van der Waals surface area (Å²) in [5.41, 5.74) is 0.723. The molecule has 0 radical (unpaired) electrons. The lowest BCUT2D eigenvalue weighted by atomic mass is 10.2. The predicted octanol–water partition coefficient (Wildman–Crippen LogP) is 1.59. The van der Waals surface area contributed by atoms with Gasteiger partial charge in [-0.3, -0.25) is 9.59 Å². The Balaban J connectivity index is 1.81. The van der Waals surface area contributed by atoms with Gasteiger partial charge in [0.25, 0.3) is 0 Å². The van der Waals surface area contributed by atoms with E-state index in [1.807, 2.05) is 24.3 Å². The van der Waals surface area contributed by atoms with E-state index < -0.39 is 12.0 Å². The quantitative estimate of drug-likeness (QED) is 0.885. The number of anilines is 1. The number of aliphatic carboxylic acids is 1. The van der Waals surface area contributed by atoms with E-state index in [0.29, 0.717) is 5.75 Å². The highest BCUT2D eigenvalue weighted by Gasteiger charge is 2.39. The Bertz CT molecular complexity index is 659. The van der Waals surface area contributed by atoms with Crippen LogP contribution in [0.2, 0.25) is 0 Å². The van der Waals surface area contributed by atoms with Crippen molar-refractivity contribution in [3.63, 3.8) is 0 Å². The minimum atomic E-state index is -1.02. The second-order valence-electron chi connectivity index (χ2n) is 5.78. The molecule has 0 spiro atoms. The van der Waals surface area contributed by atoms with Gasteiger partial charge in [-0.1, -0.05) is 12.1 Å². The number of rotatable bonds is 5. The third-order valence-corrected chi connectivity index (χ3v) is 5.15. The summed E-state index contributed by atoms with van der Waals surface area (Å²) in [5.74, 6) is -1.16. The first-order chi connectivity index (χ1) is 11.0. The molecule has 0 saturated heterocycles. The molecule has 1 aliphatic carbocycles. The van der Waals surface area contributed by atoms with Crippen LogP contribution in [-0.4, -0.2) is 52.2 Å². The van der Waals surface area contributed by atoms with Crippen LogP contribution in [0.1, 0.15) is 19.8 Å². The van der Waals surface area contributed by atoms with Crippen LogP contribution in [0.25, 0.3) is 0 Å². The number of benzene rings is 1. The zero-order valence-corrected chi connectivity index (χ0v) is 13.6. The van der Waals surface area contributed by atoms with Gasteiger partial charge in [0.1, 0.15) is 12.6 Å². The van der Waals surface area contributed by atoms with Gasteiger partial charge in [0, 0.05) is 10.9 Å². The molecule has 1 N–H and O–H groups in total. The number of carboxylic acid groups (broad SMARTS) is 1. The zero-order valence-electron chi connectivity index (χ0n) is 12.8. The second-order valence-corrected chi connectivity index (χ2v) is 6.80. The molecule has 1 heterocycles. The number of hydrogen-bond donors (Lipinski definition) is 1. The second kappa shape index (κ2) is 6.23. The Hall–Kier alpha value is -2.02. The molecule has 1 aliphatic heterocycles. The predicted molar refractivity (Wildman–Crippen MR) is 86.5 cm³/mol. The summed E-state index contributed by atoms with van der Waals surface area (Å²) in [6.07, 6.45) is 1.65. The van der Waals surface area contributed by atoms with Gasteiger partial charge in [-0.15, -0.1) is 11.8 Å². The van der Waals surface area contributed by atoms with Crippen molar-refractivity contribution in [1.29, 1.82) is 0 Å². The molecule has 0 aromatic heterocycles. The third kappa shape index (κ3) is 3.19. The smallest absolute Gasteiger partial charge is 0.326 e. The number of carbonyl (C=O) groups excluding carboxylic acids is 2. The molecule has 1 atom stereocenters. The molecule has 1 saturated carbocycles. The molecule has 1 unspecified atom stereocenters. The summed E-state index contributed by atoms with van der Waals surface area (Å²) < 4.78 is 0. The first-order valence-electron chi connectivity index (χ1n) is 7.55. The molecule has 2 aliphatic rings. The average Bonchev–Trinajstić information content (AvgIpc) is 3.35. The molecule has 122 valence electrons. The number of carboxylic acids is 1. The van der Waals surface area contributed by atoms with Crippen molar-refractivity contribution in [2.75, 3.05) is 17.2 Å². The van der Waals surface area contributed by atoms with E-state index in [1.165, 1.54) is 28.5 Å². The highest BCUT2D eigenvalue weighted by Crippen LogP contribution is 2.35. The van der Waals surface area contributed by atoms with E-state index in [1.54, 1.807) is 0 Å². The van der Waals surface area contributed by atoms with E-state index in [0.717, 1.165) is 23.4 Å². The van der Waals surface area contributed by atoms with E-state index >= 15 is 0 Å². The first kappa shape index (κ1) is 15.9. The van der Waals surface area contributed by atoms with Crippen LogP contribution in [0.3, 0.4) is 0 Å². The maximum Gasteiger partial charge on any atom is 0.326 e. The molecule has 3 rings (SSSR count). The minimum Gasteiger partial charge on any atom is -0.480 e. The molecule has 1 aromatic rings. The molecule has 2 amide bonds. The van der Waals surface area contributed by atoms with E-state index in [4.69, 9.17) is 0 Å². The number of carbonyl (C=O) groups is 3. The van der Waals surface area contributed by atoms with Crippen LogP contribution in [0.4, 0.5) is 5.69 Å². The molecule has 0 bridgehead atoms. The Morgan fingerprint density at radius 1 is 1.39 bits per heavy atom. The fraction of sp³-hybridized carbons (Fsp3) is 0.438. The lowest BCUT2D eigenvalue weighted by Gasteiger charge is -2.32. The van der Waals surface area contributed by atoms with Crippen molar-refractivity contribution in [1.82, 2.24) is 4.90 Å². The maximum atomic E-state index is 12.7. The molecule has 23 heavy (non-hydrogen) atoms. The monoisotopic (exact) mass is 334 g/mol. The molecular formula is C16H18N2O4S. The van der Waals surface area contributed by atoms with Crippen LogP contribution in [0.15, 0.2) is 29.2 Å². The van der Waals surface area contributed by atoms with Crippen LogP contribution < -0.4 is 4.90 Å². The van der Waals surface area contributed by atoms with Crippen molar-refractivity contribution in [3.05, 3.63) is 24.3 Å². The minimum absolute atomic E-state index is 0.0156. The lowest BCUT2D eigenvalue weighted by Crippen LogP contribution is -2.50. The van der Waals surface area contributed by atoms with Crippen molar-refractivity contribution < 1.29 is 19.5 Å². The summed E-state index contributed by atoms with van der Waals surface area (Å²) in [4.78, 5) is 40.0. The Morgan fingerprint density at radius 3 is 2.74 bits per heavy atom. The van der Waals surface area contributed by atoms with Gasteiger partial charge < -0.3 is 14.9 Å². The molecule has 6 nitrogen and oxygen atoms in total.